The number of imide groups is 1. The number of furan rings is 1. The third kappa shape index (κ3) is 2.90. The van der Waals surface area contributed by atoms with Crippen molar-refractivity contribution in [2.24, 2.45) is 28.8 Å². The lowest BCUT2D eigenvalue weighted by Crippen LogP contribution is -2.28. The Morgan fingerprint density at radius 1 is 1.13 bits per heavy atom. The van der Waals surface area contributed by atoms with E-state index in [9.17, 15) is 19.7 Å². The Balaban J connectivity index is 1.25. The van der Waals surface area contributed by atoms with Crippen LogP contribution in [0.15, 0.2) is 58.1 Å². The maximum Gasteiger partial charge on any atom is 0.310 e. The Morgan fingerprint density at radius 3 is 2.53 bits per heavy atom. The highest BCUT2D eigenvalue weighted by Gasteiger charge is 2.59. The highest BCUT2D eigenvalue weighted by atomic mass is 16.6. The number of nitrogens with zero attached hydrogens (tertiary/aromatic N) is 3. The number of allylic oxidation sites excluding steroid dienone is 2. The van der Waals surface area contributed by atoms with Gasteiger partial charge in [-0.3, -0.25) is 19.7 Å². The van der Waals surface area contributed by atoms with Crippen molar-refractivity contribution >= 4 is 23.7 Å². The first kappa shape index (κ1) is 18.3. The first-order chi connectivity index (χ1) is 14.5. The largest absolute Gasteiger partial charge is 0.479 e. The van der Waals surface area contributed by atoms with Gasteiger partial charge in [-0.2, -0.15) is 10.1 Å². The average molecular weight is 407 g/mol. The van der Waals surface area contributed by atoms with Crippen LogP contribution in [0, 0.1) is 33.8 Å². The number of benzene rings is 1. The van der Waals surface area contributed by atoms with E-state index < -0.39 is 4.92 Å². The topological polar surface area (TPSA) is 115 Å². The Bertz CT molecular complexity index is 1070. The molecule has 152 valence electrons. The number of para-hydroxylation sites is 2. The molecule has 9 heteroatoms. The Hall–Kier alpha value is -3.75. The molecule has 2 aromatic rings. The number of hydrogen-bond acceptors (Lipinski definition) is 7. The molecular weight excluding hydrogens is 390 g/mol. The minimum Gasteiger partial charge on any atom is -0.479 e. The van der Waals surface area contributed by atoms with Gasteiger partial charge in [0.05, 0.1) is 23.0 Å². The number of rotatable bonds is 6. The first-order valence-electron chi connectivity index (χ1n) is 9.58. The Morgan fingerprint density at radius 2 is 1.83 bits per heavy atom. The fourth-order valence-electron chi connectivity index (χ4n) is 4.54. The Labute approximate surface area is 170 Å². The quantitative estimate of drug-likeness (QED) is 0.239. The van der Waals surface area contributed by atoms with E-state index in [2.05, 4.69) is 5.10 Å². The zero-order valence-corrected chi connectivity index (χ0v) is 15.7. The molecule has 2 aliphatic carbocycles. The summed E-state index contributed by atoms with van der Waals surface area (Å²) < 4.78 is 11.1. The molecule has 0 spiro atoms. The van der Waals surface area contributed by atoms with E-state index in [-0.39, 0.29) is 53.5 Å². The molecule has 2 heterocycles. The summed E-state index contributed by atoms with van der Waals surface area (Å²) in [4.78, 5) is 35.7. The summed E-state index contributed by atoms with van der Waals surface area (Å²) in [5.41, 5.74) is -0.133. The Kier molecular flexibility index (Phi) is 4.23. The van der Waals surface area contributed by atoms with Crippen LogP contribution >= 0.6 is 0 Å². The number of nitro benzene ring substituents is 1. The number of hydrogen-bond donors (Lipinski definition) is 0. The summed E-state index contributed by atoms with van der Waals surface area (Å²) in [5.74, 6) is 0.0462. The van der Waals surface area contributed by atoms with Gasteiger partial charge in [-0.15, -0.1) is 0 Å². The van der Waals surface area contributed by atoms with Gasteiger partial charge in [-0.05, 0) is 36.5 Å². The minimum atomic E-state index is -0.517. The zero-order chi connectivity index (χ0) is 20.8. The van der Waals surface area contributed by atoms with Crippen molar-refractivity contribution in [2.75, 3.05) is 0 Å². The SMILES string of the molecule is O=C1[C@@H]2[C@@H](C(=O)N1/N=C\c1ccc(COc3ccccc3[N+](=O)[O-])o1)[C@H]1C=C[C@H]2C1. The van der Waals surface area contributed by atoms with E-state index in [1.807, 2.05) is 12.2 Å². The van der Waals surface area contributed by atoms with Crippen LogP contribution in [0.1, 0.15) is 17.9 Å². The second-order valence-electron chi connectivity index (χ2n) is 7.55. The summed E-state index contributed by atoms with van der Waals surface area (Å²) in [6, 6.07) is 9.33. The first-order valence-corrected chi connectivity index (χ1v) is 9.58. The van der Waals surface area contributed by atoms with Gasteiger partial charge in [-0.1, -0.05) is 24.3 Å². The molecule has 1 aromatic heterocycles. The van der Waals surface area contributed by atoms with Crippen molar-refractivity contribution in [2.45, 2.75) is 13.0 Å². The number of carbonyl (C=O) groups is 2. The van der Waals surface area contributed by atoms with Crippen molar-refractivity contribution in [1.29, 1.82) is 0 Å². The smallest absolute Gasteiger partial charge is 0.310 e. The van der Waals surface area contributed by atoms with Gasteiger partial charge in [0.2, 0.25) is 0 Å². The van der Waals surface area contributed by atoms with E-state index >= 15 is 0 Å². The van der Waals surface area contributed by atoms with Crippen LogP contribution < -0.4 is 4.74 Å². The number of hydrazone groups is 1. The molecule has 30 heavy (non-hydrogen) atoms. The lowest BCUT2D eigenvalue weighted by Gasteiger charge is -2.13. The number of ether oxygens (including phenoxy) is 1. The van der Waals surface area contributed by atoms with Crippen molar-refractivity contribution in [3.05, 3.63) is 70.2 Å². The third-order valence-corrected chi connectivity index (χ3v) is 5.86. The summed E-state index contributed by atoms with van der Waals surface area (Å²) in [5, 5.41) is 16.1. The standard InChI is InChI=1S/C21H17N3O6/c25-20-18-12-5-6-13(9-12)19(18)21(26)23(20)22-10-14-7-8-15(30-14)11-29-17-4-2-1-3-16(17)24(27)28/h1-8,10,12-13,18-19H,9,11H2/b22-10-/t12-,13-,18-,19-/m0/s1. The van der Waals surface area contributed by atoms with Gasteiger partial charge in [0.1, 0.15) is 18.1 Å². The zero-order valence-electron chi connectivity index (χ0n) is 15.7. The van der Waals surface area contributed by atoms with Crippen LogP contribution in [0.3, 0.4) is 0 Å². The van der Waals surface area contributed by atoms with E-state index in [4.69, 9.17) is 9.15 Å². The number of amides is 2. The summed E-state index contributed by atoms with van der Waals surface area (Å²) in [6.45, 7) is -0.0144. The van der Waals surface area contributed by atoms with Gasteiger partial charge in [0.15, 0.2) is 5.75 Å². The lowest BCUT2D eigenvalue weighted by molar-refractivity contribution is -0.386. The molecule has 2 bridgehead atoms. The molecule has 0 radical (unpaired) electrons. The number of carbonyl (C=O) groups excluding carboxylic acids is 2. The van der Waals surface area contributed by atoms with Crippen molar-refractivity contribution in [3.8, 4) is 5.75 Å². The molecule has 1 saturated heterocycles. The van der Waals surface area contributed by atoms with Crippen LogP contribution in [-0.2, 0) is 16.2 Å². The fourth-order valence-corrected chi connectivity index (χ4v) is 4.54. The lowest BCUT2D eigenvalue weighted by atomic mass is 9.85. The molecule has 1 aromatic carbocycles. The molecule has 5 rings (SSSR count). The summed E-state index contributed by atoms with van der Waals surface area (Å²) >= 11 is 0. The molecule has 1 saturated carbocycles. The molecule has 0 N–H and O–H groups in total. The molecule has 3 aliphatic rings. The fraction of sp³-hybridized carbons (Fsp3) is 0.286. The van der Waals surface area contributed by atoms with Gasteiger partial charge < -0.3 is 9.15 Å². The predicted octanol–water partition coefficient (Wildman–Crippen LogP) is 2.91. The molecule has 4 atom stereocenters. The molecule has 0 unspecified atom stereocenters. The minimum absolute atomic E-state index is 0.0144. The average Bonchev–Trinajstić information content (AvgIpc) is 3.51. The van der Waals surface area contributed by atoms with Crippen LogP contribution in [0.2, 0.25) is 0 Å². The van der Waals surface area contributed by atoms with Crippen LogP contribution in [0.4, 0.5) is 5.69 Å². The number of fused-ring (bicyclic) bond motifs is 5. The van der Waals surface area contributed by atoms with Crippen LogP contribution in [0.5, 0.6) is 5.75 Å². The third-order valence-electron chi connectivity index (χ3n) is 5.86. The van der Waals surface area contributed by atoms with Crippen LogP contribution in [0.25, 0.3) is 0 Å². The summed E-state index contributed by atoms with van der Waals surface area (Å²) in [6.07, 6.45) is 6.24. The van der Waals surface area contributed by atoms with E-state index in [0.717, 1.165) is 11.4 Å². The van der Waals surface area contributed by atoms with E-state index in [0.29, 0.717) is 11.5 Å². The second-order valence-corrected chi connectivity index (χ2v) is 7.55. The molecular formula is C21H17N3O6. The van der Waals surface area contributed by atoms with Crippen molar-refractivity contribution in [1.82, 2.24) is 5.01 Å². The maximum atomic E-state index is 12.6. The van der Waals surface area contributed by atoms with Gasteiger partial charge in [0.25, 0.3) is 11.8 Å². The number of nitro groups is 1. The highest BCUT2D eigenvalue weighted by molar-refractivity contribution is 6.06. The van der Waals surface area contributed by atoms with Crippen LogP contribution in [-0.4, -0.2) is 28.0 Å². The molecule has 2 amide bonds. The van der Waals surface area contributed by atoms with Gasteiger partial charge >= 0.3 is 5.69 Å². The molecule has 2 fully saturated rings. The normalized spacial score (nSPS) is 26.7. The molecule has 1 aliphatic heterocycles. The second kappa shape index (κ2) is 6.94. The van der Waals surface area contributed by atoms with Crippen molar-refractivity contribution < 1.29 is 23.7 Å². The summed E-state index contributed by atoms with van der Waals surface area (Å²) in [7, 11) is 0. The van der Waals surface area contributed by atoms with E-state index in [1.54, 1.807) is 24.3 Å². The maximum absolute atomic E-state index is 12.6. The molecule has 9 nitrogen and oxygen atoms in total. The van der Waals surface area contributed by atoms with Gasteiger partial charge in [-0.25, -0.2) is 0 Å². The predicted molar refractivity (Wildman–Crippen MR) is 103 cm³/mol. The van der Waals surface area contributed by atoms with E-state index in [1.165, 1.54) is 18.3 Å². The monoisotopic (exact) mass is 407 g/mol. The highest BCUT2D eigenvalue weighted by Crippen LogP contribution is 2.52. The van der Waals surface area contributed by atoms with Crippen molar-refractivity contribution in [3.63, 3.8) is 0 Å². The van der Waals surface area contributed by atoms with Gasteiger partial charge in [0, 0.05) is 6.07 Å².